The van der Waals surface area contributed by atoms with Crippen molar-refractivity contribution in [3.8, 4) is 0 Å². The van der Waals surface area contributed by atoms with E-state index in [-0.39, 0.29) is 17.6 Å². The summed E-state index contributed by atoms with van der Waals surface area (Å²) in [6.07, 6.45) is 4.60. The van der Waals surface area contributed by atoms with E-state index in [4.69, 9.17) is 0 Å². The molecular formula is C14H21N3O4. The van der Waals surface area contributed by atoms with E-state index < -0.39 is 17.2 Å². The van der Waals surface area contributed by atoms with Crippen molar-refractivity contribution in [3.05, 3.63) is 32.6 Å². The van der Waals surface area contributed by atoms with Crippen molar-refractivity contribution in [2.75, 3.05) is 19.7 Å². The van der Waals surface area contributed by atoms with Crippen LogP contribution in [0.1, 0.15) is 43.0 Å². The van der Waals surface area contributed by atoms with Gasteiger partial charge in [-0.3, -0.25) is 14.6 Å². The molecule has 3 N–H and O–H groups in total. The Bertz CT molecular complexity index is 617. The van der Waals surface area contributed by atoms with Crippen LogP contribution in [0.5, 0.6) is 0 Å². The number of nitrogens with zero attached hydrogens (tertiary/aromatic N) is 1. The van der Waals surface area contributed by atoms with Crippen LogP contribution < -0.4 is 11.2 Å². The first-order valence-corrected chi connectivity index (χ1v) is 7.23. The lowest BCUT2D eigenvalue weighted by Crippen LogP contribution is -2.49. The van der Waals surface area contributed by atoms with Gasteiger partial charge in [-0.15, -0.1) is 0 Å². The van der Waals surface area contributed by atoms with Crippen molar-refractivity contribution < 1.29 is 9.90 Å². The predicted molar refractivity (Wildman–Crippen MR) is 77.2 cm³/mol. The number of rotatable bonds is 4. The highest BCUT2D eigenvalue weighted by atomic mass is 16.3. The molecule has 1 aliphatic rings. The molecule has 0 aliphatic carbocycles. The van der Waals surface area contributed by atoms with Gasteiger partial charge in [-0.05, 0) is 19.3 Å². The van der Waals surface area contributed by atoms with E-state index in [1.165, 1.54) is 0 Å². The van der Waals surface area contributed by atoms with E-state index in [1.54, 1.807) is 4.90 Å². The van der Waals surface area contributed by atoms with E-state index >= 15 is 0 Å². The van der Waals surface area contributed by atoms with Crippen molar-refractivity contribution in [1.29, 1.82) is 0 Å². The molecular weight excluding hydrogens is 274 g/mol. The number of amides is 1. The van der Waals surface area contributed by atoms with E-state index in [0.717, 1.165) is 31.9 Å². The number of aliphatic hydroxyl groups excluding tert-OH is 1. The van der Waals surface area contributed by atoms with Crippen LogP contribution in [-0.2, 0) is 0 Å². The van der Waals surface area contributed by atoms with Crippen LogP contribution in [0.4, 0.5) is 0 Å². The summed E-state index contributed by atoms with van der Waals surface area (Å²) in [5.41, 5.74) is -1.66. The van der Waals surface area contributed by atoms with Crippen LogP contribution in [0.15, 0.2) is 15.8 Å². The molecule has 1 saturated heterocycles. The van der Waals surface area contributed by atoms with Gasteiger partial charge in [-0.1, -0.05) is 13.3 Å². The highest BCUT2D eigenvalue weighted by molar-refractivity contribution is 5.93. The first-order chi connectivity index (χ1) is 10.0. The van der Waals surface area contributed by atoms with Gasteiger partial charge < -0.3 is 15.0 Å². The summed E-state index contributed by atoms with van der Waals surface area (Å²) in [4.78, 5) is 41.1. The maximum absolute atomic E-state index is 12.4. The molecule has 0 unspecified atom stereocenters. The molecule has 2 rings (SSSR count). The zero-order valence-electron chi connectivity index (χ0n) is 12.1. The number of nitrogens with one attached hydrogen (secondary N) is 2. The first kappa shape index (κ1) is 15.5. The number of carbonyl (C=O) groups is 1. The quantitative estimate of drug-likeness (QED) is 0.731. The number of aliphatic hydroxyl groups is 1. The molecule has 0 aromatic carbocycles. The molecule has 116 valence electrons. The molecule has 0 radical (unpaired) electrons. The fraction of sp³-hybridized carbons (Fsp3) is 0.643. The molecule has 0 bridgehead atoms. The van der Waals surface area contributed by atoms with E-state index in [1.807, 2.05) is 6.92 Å². The highest BCUT2D eigenvalue weighted by Crippen LogP contribution is 2.34. The van der Waals surface area contributed by atoms with Crippen LogP contribution in [0.3, 0.4) is 0 Å². The Kier molecular flexibility index (Phi) is 4.62. The lowest BCUT2D eigenvalue weighted by Gasteiger charge is -2.41. The summed E-state index contributed by atoms with van der Waals surface area (Å²) >= 11 is 0. The zero-order valence-corrected chi connectivity index (χ0v) is 12.1. The summed E-state index contributed by atoms with van der Waals surface area (Å²) in [5, 5.41) is 9.68. The normalized spacial score (nSPS) is 22.3. The molecule has 7 nitrogen and oxygen atoms in total. The second-order valence-electron chi connectivity index (χ2n) is 5.72. The molecule has 7 heteroatoms. The smallest absolute Gasteiger partial charge is 0.325 e. The monoisotopic (exact) mass is 295 g/mol. The molecule has 1 atom stereocenters. The number of H-pyrrole nitrogens is 2. The Labute approximate surface area is 122 Å². The van der Waals surface area contributed by atoms with Crippen molar-refractivity contribution in [3.63, 3.8) is 0 Å². The second-order valence-corrected chi connectivity index (χ2v) is 5.72. The van der Waals surface area contributed by atoms with Crippen LogP contribution in [0.2, 0.25) is 0 Å². The number of hydrogen-bond donors (Lipinski definition) is 3. The van der Waals surface area contributed by atoms with Gasteiger partial charge in [0.15, 0.2) is 0 Å². The minimum Gasteiger partial charge on any atom is -0.396 e. The molecule has 1 aliphatic heterocycles. The zero-order chi connectivity index (χ0) is 15.5. The highest BCUT2D eigenvalue weighted by Gasteiger charge is 2.36. The summed E-state index contributed by atoms with van der Waals surface area (Å²) in [7, 11) is 0. The van der Waals surface area contributed by atoms with E-state index in [2.05, 4.69) is 9.97 Å². The van der Waals surface area contributed by atoms with Crippen molar-refractivity contribution in [2.45, 2.75) is 32.6 Å². The summed E-state index contributed by atoms with van der Waals surface area (Å²) < 4.78 is 0. The molecule has 1 aromatic heterocycles. The van der Waals surface area contributed by atoms with Gasteiger partial charge in [-0.2, -0.15) is 0 Å². The molecule has 1 amide bonds. The third-order valence-corrected chi connectivity index (χ3v) is 4.11. The Morgan fingerprint density at radius 2 is 2.24 bits per heavy atom. The molecule has 2 heterocycles. The van der Waals surface area contributed by atoms with E-state index in [9.17, 15) is 19.5 Å². The Morgan fingerprint density at radius 1 is 1.48 bits per heavy atom. The first-order valence-electron chi connectivity index (χ1n) is 7.23. The maximum atomic E-state index is 12.4. The predicted octanol–water partition coefficient (Wildman–Crippen LogP) is 0.0780. The number of piperidine rings is 1. The third kappa shape index (κ3) is 3.24. The lowest BCUT2D eigenvalue weighted by atomic mass is 9.77. The Morgan fingerprint density at radius 3 is 2.86 bits per heavy atom. The minimum absolute atomic E-state index is 0.0343. The average molecular weight is 295 g/mol. The second kappa shape index (κ2) is 6.26. The van der Waals surface area contributed by atoms with Crippen molar-refractivity contribution in [2.24, 2.45) is 5.41 Å². The van der Waals surface area contributed by atoms with Crippen LogP contribution in [0, 0.1) is 5.41 Å². The molecule has 0 spiro atoms. The summed E-state index contributed by atoms with van der Waals surface area (Å²) in [6.45, 7) is 3.08. The molecule has 21 heavy (non-hydrogen) atoms. The van der Waals surface area contributed by atoms with E-state index in [0.29, 0.717) is 13.1 Å². The molecule has 1 fully saturated rings. The maximum Gasteiger partial charge on any atom is 0.325 e. The lowest BCUT2D eigenvalue weighted by molar-refractivity contribution is 0.0221. The van der Waals surface area contributed by atoms with Crippen LogP contribution in [0.25, 0.3) is 0 Å². The number of aromatic nitrogens is 2. The summed E-state index contributed by atoms with van der Waals surface area (Å²) in [6, 6.07) is 0. The van der Waals surface area contributed by atoms with Crippen molar-refractivity contribution >= 4 is 5.91 Å². The van der Waals surface area contributed by atoms with Gasteiger partial charge in [0.2, 0.25) is 0 Å². The van der Waals surface area contributed by atoms with Crippen LogP contribution in [-0.4, -0.2) is 45.6 Å². The van der Waals surface area contributed by atoms with Gasteiger partial charge in [-0.25, -0.2) is 4.79 Å². The number of hydrogen-bond acceptors (Lipinski definition) is 4. The Balaban J connectivity index is 2.23. The van der Waals surface area contributed by atoms with Crippen LogP contribution >= 0.6 is 0 Å². The fourth-order valence-corrected chi connectivity index (χ4v) is 3.06. The average Bonchev–Trinajstić information content (AvgIpc) is 2.47. The largest absolute Gasteiger partial charge is 0.396 e. The third-order valence-electron chi connectivity index (χ3n) is 4.11. The minimum atomic E-state index is -0.681. The van der Waals surface area contributed by atoms with Gasteiger partial charge in [0, 0.05) is 24.7 Å². The van der Waals surface area contributed by atoms with Gasteiger partial charge >= 0.3 is 5.69 Å². The molecule has 0 saturated carbocycles. The SMILES string of the molecule is CCC[C@]1(CO)CCCN(C(=O)c2c[nH]c(=O)[nH]c2=O)C1. The number of likely N-dealkylation sites (tertiary alicyclic amines) is 1. The topological polar surface area (TPSA) is 106 Å². The van der Waals surface area contributed by atoms with Gasteiger partial charge in [0.25, 0.3) is 11.5 Å². The number of aromatic amines is 2. The standard InChI is InChI=1S/C14H21N3O4/c1-2-4-14(9-18)5-3-6-17(8-14)12(20)10-7-15-13(21)16-11(10)19/h7,18H,2-6,8-9H2,1H3,(H2,15,16,19,21)/t14-/m0/s1. The van der Waals surface area contributed by atoms with Gasteiger partial charge in [0.1, 0.15) is 5.56 Å². The fourth-order valence-electron chi connectivity index (χ4n) is 3.06. The number of carbonyl (C=O) groups excluding carboxylic acids is 1. The Hall–Kier alpha value is -1.89. The van der Waals surface area contributed by atoms with Crippen molar-refractivity contribution in [1.82, 2.24) is 14.9 Å². The molecule has 1 aromatic rings. The summed E-state index contributed by atoms with van der Waals surface area (Å²) in [5.74, 6) is -0.402. The van der Waals surface area contributed by atoms with Gasteiger partial charge in [0.05, 0.1) is 6.61 Å².